The zero-order valence-corrected chi connectivity index (χ0v) is 18.0. The van der Waals surface area contributed by atoms with Crippen LogP contribution in [0.2, 0.25) is 0 Å². The second-order valence-electron chi connectivity index (χ2n) is 9.08. The third kappa shape index (κ3) is 3.53. The van der Waals surface area contributed by atoms with Crippen LogP contribution in [-0.2, 0) is 16.0 Å². The van der Waals surface area contributed by atoms with Gasteiger partial charge in [0.1, 0.15) is 10.8 Å². The summed E-state index contributed by atoms with van der Waals surface area (Å²) in [5, 5.41) is 10.7. The lowest BCUT2D eigenvalue weighted by atomic mass is 9.73. The first kappa shape index (κ1) is 20.3. The number of piperidine rings is 1. The molecule has 8 heteroatoms. The summed E-state index contributed by atoms with van der Waals surface area (Å²) in [6, 6.07) is 0. The quantitative estimate of drug-likeness (QED) is 0.791. The number of rotatable bonds is 4. The first-order chi connectivity index (χ1) is 14.4. The SMILES string of the molecule is C[C@@H](O)CN1C(=O)C(CN2CCC3(CC2)OCC2C=CC(F)=CC23)Cc2ncsc21. The van der Waals surface area contributed by atoms with E-state index in [0.29, 0.717) is 26.1 Å². The van der Waals surface area contributed by atoms with Crippen molar-refractivity contribution in [1.82, 2.24) is 9.88 Å². The molecule has 162 valence electrons. The monoisotopic (exact) mass is 433 g/mol. The van der Waals surface area contributed by atoms with E-state index in [-0.39, 0.29) is 35.1 Å². The van der Waals surface area contributed by atoms with Gasteiger partial charge in [-0.3, -0.25) is 9.69 Å². The minimum Gasteiger partial charge on any atom is -0.392 e. The van der Waals surface area contributed by atoms with Gasteiger partial charge in [0.2, 0.25) is 5.91 Å². The second kappa shape index (κ2) is 7.82. The Morgan fingerprint density at radius 1 is 1.43 bits per heavy atom. The van der Waals surface area contributed by atoms with Crippen LogP contribution in [0.3, 0.4) is 0 Å². The average molecular weight is 434 g/mol. The van der Waals surface area contributed by atoms with E-state index in [1.807, 2.05) is 6.08 Å². The largest absolute Gasteiger partial charge is 0.392 e. The number of likely N-dealkylation sites (tertiary alicyclic amines) is 1. The van der Waals surface area contributed by atoms with Crippen LogP contribution in [0.4, 0.5) is 9.39 Å². The molecule has 6 nitrogen and oxygen atoms in total. The Kier molecular flexibility index (Phi) is 5.29. The van der Waals surface area contributed by atoms with Crippen molar-refractivity contribution in [3.8, 4) is 0 Å². The summed E-state index contributed by atoms with van der Waals surface area (Å²) in [6.45, 7) is 5.02. The Hall–Kier alpha value is -1.61. The number of amides is 1. The first-order valence-electron chi connectivity index (χ1n) is 10.8. The van der Waals surface area contributed by atoms with Crippen molar-refractivity contribution in [2.24, 2.45) is 17.8 Å². The number of anilines is 1. The number of aromatic nitrogens is 1. The average Bonchev–Trinajstić information content (AvgIpc) is 3.32. The molecule has 2 saturated heterocycles. The van der Waals surface area contributed by atoms with Gasteiger partial charge in [0.05, 0.1) is 42.0 Å². The minimum atomic E-state index is -0.581. The second-order valence-corrected chi connectivity index (χ2v) is 9.91. The molecule has 1 aromatic rings. The smallest absolute Gasteiger partial charge is 0.232 e. The summed E-state index contributed by atoms with van der Waals surface area (Å²) < 4.78 is 20.1. The van der Waals surface area contributed by atoms with Gasteiger partial charge in [-0.1, -0.05) is 6.08 Å². The molecule has 1 amide bonds. The number of hydrogen-bond donors (Lipinski definition) is 1. The maximum atomic E-state index is 13.9. The number of fused-ring (bicyclic) bond motifs is 3. The molecule has 4 atom stereocenters. The van der Waals surface area contributed by atoms with Gasteiger partial charge in [-0.2, -0.15) is 0 Å². The van der Waals surface area contributed by atoms with E-state index in [2.05, 4.69) is 9.88 Å². The lowest BCUT2D eigenvalue weighted by Gasteiger charge is -2.43. The molecule has 1 aliphatic carbocycles. The standard InChI is InChI=1S/C22H28FN3O3S/c1-14(27)10-26-20(28)16(8-19-21(26)30-13-24-19)11-25-6-4-22(5-7-25)18-9-17(23)3-2-15(18)12-29-22/h2-3,9,13-16,18,27H,4-8,10-12H2,1H3/t14-,15?,16?,18?/m1/s1. The van der Waals surface area contributed by atoms with Gasteiger partial charge < -0.3 is 14.7 Å². The molecule has 4 heterocycles. The number of allylic oxidation sites excluding steroid dienone is 2. The molecular formula is C22H28FN3O3S. The fraction of sp³-hybridized carbons (Fsp3) is 0.636. The number of β-amino-alcohol motifs (C(OH)–C–C–N with tert-alkyl or cyclic N) is 1. The highest BCUT2D eigenvalue weighted by atomic mass is 32.1. The van der Waals surface area contributed by atoms with E-state index in [1.54, 1.807) is 29.5 Å². The van der Waals surface area contributed by atoms with Crippen LogP contribution >= 0.6 is 11.3 Å². The fourth-order valence-electron chi connectivity index (χ4n) is 5.49. The van der Waals surface area contributed by atoms with Crippen molar-refractivity contribution in [3.63, 3.8) is 0 Å². The van der Waals surface area contributed by atoms with E-state index in [9.17, 15) is 14.3 Å². The van der Waals surface area contributed by atoms with Gasteiger partial charge in [0.25, 0.3) is 0 Å². The molecule has 30 heavy (non-hydrogen) atoms. The Labute approximate surface area is 180 Å². The summed E-state index contributed by atoms with van der Waals surface area (Å²) in [5.74, 6) is 0.147. The van der Waals surface area contributed by atoms with Gasteiger partial charge in [-0.15, -0.1) is 11.3 Å². The predicted molar refractivity (Wildman–Crippen MR) is 113 cm³/mol. The molecule has 0 radical (unpaired) electrons. The lowest BCUT2D eigenvalue weighted by molar-refractivity contribution is -0.124. The Balaban J connectivity index is 1.25. The maximum Gasteiger partial charge on any atom is 0.232 e. The zero-order chi connectivity index (χ0) is 20.9. The van der Waals surface area contributed by atoms with Gasteiger partial charge >= 0.3 is 0 Å². The van der Waals surface area contributed by atoms with Gasteiger partial charge in [0.15, 0.2) is 0 Å². The van der Waals surface area contributed by atoms with E-state index in [1.165, 1.54) is 11.3 Å². The van der Waals surface area contributed by atoms with Gasteiger partial charge in [0, 0.05) is 37.9 Å². The number of halogens is 1. The van der Waals surface area contributed by atoms with Crippen molar-refractivity contribution < 1.29 is 19.0 Å². The van der Waals surface area contributed by atoms with Crippen molar-refractivity contribution >= 4 is 22.2 Å². The summed E-state index contributed by atoms with van der Waals surface area (Å²) in [6.07, 6.45) is 7.02. The van der Waals surface area contributed by atoms with E-state index in [0.717, 1.165) is 36.6 Å². The number of carbonyl (C=O) groups is 1. The molecule has 3 unspecified atom stereocenters. The third-order valence-corrected chi connectivity index (χ3v) is 7.91. The molecule has 0 bridgehead atoms. The molecule has 1 spiro atoms. The van der Waals surface area contributed by atoms with Crippen LogP contribution in [0, 0.1) is 17.8 Å². The van der Waals surface area contributed by atoms with Crippen molar-refractivity contribution in [2.75, 3.05) is 37.7 Å². The topological polar surface area (TPSA) is 65.9 Å². The zero-order valence-electron chi connectivity index (χ0n) is 17.2. The fourth-order valence-corrected chi connectivity index (χ4v) is 6.34. The number of ether oxygens (including phenoxy) is 1. The molecule has 0 aromatic carbocycles. The van der Waals surface area contributed by atoms with Crippen molar-refractivity contribution in [1.29, 1.82) is 0 Å². The number of aliphatic hydroxyl groups excluding tert-OH is 1. The summed E-state index contributed by atoms with van der Waals surface area (Å²) in [5.41, 5.74) is 2.45. The lowest BCUT2D eigenvalue weighted by Crippen LogP contribution is -2.52. The predicted octanol–water partition coefficient (Wildman–Crippen LogP) is 2.55. The third-order valence-electron chi connectivity index (χ3n) is 7.02. The number of aliphatic hydroxyl groups is 1. The van der Waals surface area contributed by atoms with Crippen LogP contribution in [0.25, 0.3) is 0 Å². The Morgan fingerprint density at radius 3 is 3.00 bits per heavy atom. The first-order valence-corrected chi connectivity index (χ1v) is 11.7. The number of hydrogen-bond acceptors (Lipinski definition) is 6. The highest BCUT2D eigenvalue weighted by Gasteiger charge is 2.50. The van der Waals surface area contributed by atoms with Crippen molar-refractivity contribution in [3.05, 3.63) is 35.3 Å². The van der Waals surface area contributed by atoms with Crippen LogP contribution in [0.15, 0.2) is 29.6 Å². The summed E-state index contributed by atoms with van der Waals surface area (Å²) in [7, 11) is 0. The molecule has 2 fully saturated rings. The molecule has 5 rings (SSSR count). The van der Waals surface area contributed by atoms with Crippen LogP contribution in [0.5, 0.6) is 0 Å². The molecular weight excluding hydrogens is 405 g/mol. The van der Waals surface area contributed by atoms with Gasteiger partial charge in [-0.05, 0) is 31.9 Å². The number of thiazole rings is 1. The molecule has 4 aliphatic rings. The highest BCUT2D eigenvalue weighted by Crippen LogP contribution is 2.47. The van der Waals surface area contributed by atoms with E-state index in [4.69, 9.17) is 4.74 Å². The van der Waals surface area contributed by atoms with Crippen LogP contribution < -0.4 is 4.90 Å². The van der Waals surface area contributed by atoms with Crippen LogP contribution in [-0.4, -0.2) is 65.4 Å². The summed E-state index contributed by atoms with van der Waals surface area (Å²) in [4.78, 5) is 21.7. The molecule has 1 aromatic heterocycles. The van der Waals surface area contributed by atoms with Gasteiger partial charge in [-0.25, -0.2) is 9.37 Å². The summed E-state index contributed by atoms with van der Waals surface area (Å²) >= 11 is 1.46. The molecule has 3 aliphatic heterocycles. The number of carbonyl (C=O) groups excluding carboxylic acids is 1. The highest BCUT2D eigenvalue weighted by molar-refractivity contribution is 7.14. The van der Waals surface area contributed by atoms with E-state index < -0.39 is 6.10 Å². The Morgan fingerprint density at radius 2 is 2.23 bits per heavy atom. The van der Waals surface area contributed by atoms with E-state index >= 15 is 0 Å². The Bertz CT molecular complexity index is 875. The normalized spacial score (nSPS) is 31.6. The molecule has 0 saturated carbocycles. The van der Waals surface area contributed by atoms with Crippen LogP contribution in [0.1, 0.15) is 25.5 Å². The maximum absolute atomic E-state index is 13.9. The minimum absolute atomic E-state index is 0.0764. The number of nitrogens with zero attached hydrogens (tertiary/aromatic N) is 3. The molecule has 1 N–H and O–H groups in total. The van der Waals surface area contributed by atoms with Crippen molar-refractivity contribution in [2.45, 2.75) is 37.9 Å².